The van der Waals surface area contributed by atoms with Gasteiger partial charge in [0.15, 0.2) is 0 Å². The van der Waals surface area contributed by atoms with Gasteiger partial charge in [-0.15, -0.1) is 0 Å². The van der Waals surface area contributed by atoms with Gasteiger partial charge in [0, 0.05) is 18.0 Å². The lowest BCUT2D eigenvalue weighted by Crippen LogP contribution is -2.06. The number of benzene rings is 2. The van der Waals surface area contributed by atoms with E-state index in [0.29, 0.717) is 12.8 Å². The van der Waals surface area contributed by atoms with Gasteiger partial charge in [-0.05, 0) is 60.7 Å². The molecule has 0 saturated carbocycles. The van der Waals surface area contributed by atoms with Crippen molar-refractivity contribution in [3.05, 3.63) is 78.4 Å². The molecule has 4 heteroatoms. The monoisotopic (exact) mass is 351 g/mol. The molecule has 3 aromatic rings. The molecule has 0 amide bonds. The van der Waals surface area contributed by atoms with Crippen molar-refractivity contribution in [3.63, 3.8) is 0 Å². The van der Waals surface area contributed by atoms with Gasteiger partial charge in [0.2, 0.25) is 0 Å². The van der Waals surface area contributed by atoms with E-state index in [2.05, 4.69) is 4.98 Å². The molecule has 134 valence electrons. The summed E-state index contributed by atoms with van der Waals surface area (Å²) in [7, 11) is 0. The molecule has 1 unspecified atom stereocenters. The van der Waals surface area contributed by atoms with Gasteiger partial charge in [-0.1, -0.05) is 31.2 Å². The molecule has 0 aliphatic heterocycles. The first-order valence-electron chi connectivity index (χ1n) is 8.80. The number of rotatable bonds is 7. The number of ether oxygens (including phenoxy) is 1. The zero-order valence-electron chi connectivity index (χ0n) is 14.7. The van der Waals surface area contributed by atoms with Crippen molar-refractivity contribution < 1.29 is 14.2 Å². The van der Waals surface area contributed by atoms with Gasteiger partial charge in [0.05, 0.1) is 6.10 Å². The van der Waals surface area contributed by atoms with Crippen LogP contribution < -0.4 is 4.74 Å². The summed E-state index contributed by atoms with van der Waals surface area (Å²) in [6.07, 6.45) is 5.31. The van der Waals surface area contributed by atoms with Gasteiger partial charge in [-0.25, -0.2) is 4.39 Å². The van der Waals surface area contributed by atoms with Crippen molar-refractivity contribution in [1.82, 2.24) is 4.98 Å². The van der Waals surface area contributed by atoms with Crippen LogP contribution in [-0.4, -0.2) is 16.2 Å². The Bertz CT molecular complexity index is 832. The molecular weight excluding hydrogens is 329 g/mol. The van der Waals surface area contributed by atoms with E-state index in [-0.39, 0.29) is 11.9 Å². The van der Waals surface area contributed by atoms with Crippen molar-refractivity contribution in [2.75, 3.05) is 0 Å². The Labute approximate surface area is 153 Å². The van der Waals surface area contributed by atoms with E-state index < -0.39 is 0 Å². The van der Waals surface area contributed by atoms with Crippen LogP contribution in [0, 0.1) is 5.82 Å². The fourth-order valence-electron chi connectivity index (χ4n) is 2.71. The van der Waals surface area contributed by atoms with Crippen LogP contribution in [0.15, 0.2) is 67.0 Å². The lowest BCUT2D eigenvalue weighted by molar-refractivity contribution is 0.160. The van der Waals surface area contributed by atoms with Gasteiger partial charge in [0.1, 0.15) is 17.3 Å². The second-order valence-electron chi connectivity index (χ2n) is 6.22. The van der Waals surface area contributed by atoms with Crippen molar-refractivity contribution >= 4 is 0 Å². The lowest BCUT2D eigenvalue weighted by Gasteiger charge is -2.13. The van der Waals surface area contributed by atoms with Gasteiger partial charge in [-0.3, -0.25) is 4.98 Å². The van der Waals surface area contributed by atoms with Gasteiger partial charge in [-0.2, -0.15) is 0 Å². The first-order chi connectivity index (χ1) is 12.7. The fraction of sp³-hybridized carbons (Fsp3) is 0.227. The van der Waals surface area contributed by atoms with Crippen LogP contribution in [0.5, 0.6) is 11.5 Å². The first-order valence-corrected chi connectivity index (χ1v) is 8.80. The van der Waals surface area contributed by atoms with Crippen LogP contribution in [0.25, 0.3) is 11.1 Å². The standard InChI is InChI=1S/C22H22FNO2/c1-2-20(25)10-5-18-15-24-14-13-22(18)26-21-11-6-17(7-12-21)16-3-8-19(23)9-4-16/h3-4,6-9,11-15,20,25H,2,5,10H2,1H3. The summed E-state index contributed by atoms with van der Waals surface area (Å²) in [5.41, 5.74) is 2.93. The summed E-state index contributed by atoms with van der Waals surface area (Å²) >= 11 is 0. The Morgan fingerprint density at radius 2 is 1.65 bits per heavy atom. The van der Waals surface area contributed by atoms with E-state index in [1.807, 2.05) is 37.3 Å². The molecule has 1 N–H and O–H groups in total. The van der Waals surface area contributed by atoms with Gasteiger partial charge in [0.25, 0.3) is 0 Å². The van der Waals surface area contributed by atoms with Crippen LogP contribution >= 0.6 is 0 Å². The average Bonchev–Trinajstić information content (AvgIpc) is 2.68. The van der Waals surface area contributed by atoms with E-state index in [0.717, 1.165) is 34.6 Å². The zero-order valence-corrected chi connectivity index (χ0v) is 14.7. The maximum atomic E-state index is 13.0. The van der Waals surface area contributed by atoms with Crippen LogP contribution in [0.3, 0.4) is 0 Å². The molecule has 0 aliphatic carbocycles. The SMILES string of the molecule is CCC(O)CCc1cnccc1Oc1ccc(-c2ccc(F)cc2)cc1. The summed E-state index contributed by atoms with van der Waals surface area (Å²) in [6, 6.07) is 15.9. The van der Waals surface area contributed by atoms with Crippen LogP contribution in [0.4, 0.5) is 4.39 Å². The number of aryl methyl sites for hydroxylation is 1. The molecule has 0 fully saturated rings. The van der Waals surface area contributed by atoms with Gasteiger partial charge >= 0.3 is 0 Å². The van der Waals surface area contributed by atoms with E-state index in [9.17, 15) is 9.50 Å². The first kappa shape index (κ1) is 18.1. The maximum absolute atomic E-state index is 13.0. The minimum atomic E-state index is -0.307. The van der Waals surface area contributed by atoms with E-state index >= 15 is 0 Å². The molecule has 0 aliphatic rings. The summed E-state index contributed by atoms with van der Waals surface area (Å²) in [6.45, 7) is 1.97. The highest BCUT2D eigenvalue weighted by atomic mass is 19.1. The van der Waals surface area contributed by atoms with Crippen LogP contribution in [0.1, 0.15) is 25.3 Å². The van der Waals surface area contributed by atoms with Crippen molar-refractivity contribution in [2.24, 2.45) is 0 Å². The molecule has 0 saturated heterocycles. The summed E-state index contributed by atoms with van der Waals surface area (Å²) in [4.78, 5) is 4.16. The normalized spacial score (nSPS) is 12.0. The number of aliphatic hydroxyl groups excluding tert-OH is 1. The quantitative estimate of drug-likeness (QED) is 0.621. The smallest absolute Gasteiger partial charge is 0.133 e. The van der Waals surface area contributed by atoms with E-state index in [4.69, 9.17) is 4.74 Å². The highest BCUT2D eigenvalue weighted by Crippen LogP contribution is 2.28. The van der Waals surface area contributed by atoms with E-state index in [1.165, 1.54) is 12.1 Å². The molecular formula is C22H22FNO2. The second kappa shape index (κ2) is 8.59. The number of hydrogen-bond acceptors (Lipinski definition) is 3. The number of aliphatic hydroxyl groups is 1. The zero-order chi connectivity index (χ0) is 18.4. The Hall–Kier alpha value is -2.72. The third kappa shape index (κ3) is 4.67. The predicted molar refractivity (Wildman–Crippen MR) is 101 cm³/mol. The molecule has 0 radical (unpaired) electrons. The summed E-state index contributed by atoms with van der Waals surface area (Å²) in [5.74, 6) is 1.23. The lowest BCUT2D eigenvalue weighted by atomic mass is 10.1. The second-order valence-corrected chi connectivity index (χ2v) is 6.22. The van der Waals surface area contributed by atoms with Crippen molar-refractivity contribution in [1.29, 1.82) is 0 Å². The van der Waals surface area contributed by atoms with Gasteiger partial charge < -0.3 is 9.84 Å². The topological polar surface area (TPSA) is 42.4 Å². The molecule has 0 spiro atoms. The number of nitrogens with zero attached hydrogens (tertiary/aromatic N) is 1. The predicted octanol–water partition coefficient (Wildman–Crippen LogP) is 5.38. The van der Waals surface area contributed by atoms with Crippen LogP contribution in [-0.2, 0) is 6.42 Å². The Kier molecular flexibility index (Phi) is 5.97. The molecule has 1 heterocycles. The number of aromatic nitrogens is 1. The number of hydrogen-bond donors (Lipinski definition) is 1. The van der Waals surface area contributed by atoms with E-state index in [1.54, 1.807) is 24.5 Å². The largest absolute Gasteiger partial charge is 0.457 e. The third-order valence-electron chi connectivity index (χ3n) is 4.34. The fourth-order valence-corrected chi connectivity index (χ4v) is 2.71. The summed E-state index contributed by atoms with van der Waals surface area (Å²) in [5, 5.41) is 9.77. The average molecular weight is 351 g/mol. The van der Waals surface area contributed by atoms with Crippen molar-refractivity contribution in [2.45, 2.75) is 32.3 Å². The third-order valence-corrected chi connectivity index (χ3v) is 4.34. The molecule has 0 bridgehead atoms. The maximum Gasteiger partial charge on any atom is 0.133 e. The minimum Gasteiger partial charge on any atom is -0.457 e. The highest BCUT2D eigenvalue weighted by Gasteiger charge is 2.08. The highest BCUT2D eigenvalue weighted by molar-refractivity contribution is 5.64. The van der Waals surface area contributed by atoms with Crippen LogP contribution in [0.2, 0.25) is 0 Å². The number of pyridine rings is 1. The molecule has 1 atom stereocenters. The molecule has 3 nitrogen and oxygen atoms in total. The van der Waals surface area contributed by atoms with Crippen molar-refractivity contribution in [3.8, 4) is 22.6 Å². The Morgan fingerprint density at radius 1 is 1.00 bits per heavy atom. The number of halogens is 1. The molecule has 26 heavy (non-hydrogen) atoms. The summed E-state index contributed by atoms with van der Waals surface area (Å²) < 4.78 is 19.0. The Balaban J connectivity index is 1.72. The molecule has 2 aromatic carbocycles. The molecule has 1 aromatic heterocycles. The molecule has 3 rings (SSSR count). The Morgan fingerprint density at radius 3 is 2.31 bits per heavy atom. The minimum absolute atomic E-state index is 0.243.